The summed E-state index contributed by atoms with van der Waals surface area (Å²) in [6.07, 6.45) is 0. The molecule has 0 heterocycles. The molecule has 0 aliphatic heterocycles. The number of hydrogen-bond donors (Lipinski definition) is 1. The van der Waals surface area contributed by atoms with Gasteiger partial charge in [-0.3, -0.25) is 4.79 Å². The number of carbonyl (C=O) groups excluding carboxylic acids is 1. The molecule has 1 amide bonds. The van der Waals surface area contributed by atoms with Crippen molar-refractivity contribution in [2.75, 3.05) is 13.7 Å². The Morgan fingerprint density at radius 2 is 1.87 bits per heavy atom. The van der Waals surface area contributed by atoms with Crippen molar-refractivity contribution in [3.05, 3.63) is 58.6 Å². The number of hydrogen-bond acceptors (Lipinski definition) is 3. The molecule has 0 saturated heterocycles. The lowest BCUT2D eigenvalue weighted by Crippen LogP contribution is -2.26. The van der Waals surface area contributed by atoms with Gasteiger partial charge in [-0.05, 0) is 49.7 Å². The molecule has 0 radical (unpaired) electrons. The molecular weight excluding hydrogens is 314 g/mol. The lowest BCUT2D eigenvalue weighted by Gasteiger charge is -2.15. The van der Waals surface area contributed by atoms with Crippen LogP contribution in [0.4, 0.5) is 0 Å². The van der Waals surface area contributed by atoms with Gasteiger partial charge in [0, 0.05) is 10.6 Å². The Bertz CT molecular complexity index is 670. The van der Waals surface area contributed by atoms with E-state index in [0.717, 1.165) is 5.56 Å². The van der Waals surface area contributed by atoms with Crippen molar-refractivity contribution >= 4 is 17.5 Å². The first kappa shape index (κ1) is 17.2. The van der Waals surface area contributed by atoms with Crippen molar-refractivity contribution in [1.82, 2.24) is 5.32 Å². The Morgan fingerprint density at radius 1 is 1.17 bits per heavy atom. The van der Waals surface area contributed by atoms with Crippen LogP contribution >= 0.6 is 11.6 Å². The van der Waals surface area contributed by atoms with Gasteiger partial charge in [0.05, 0.1) is 19.8 Å². The molecule has 1 N–H and O–H groups in total. The second kappa shape index (κ2) is 7.88. The van der Waals surface area contributed by atoms with E-state index in [1.54, 1.807) is 37.4 Å². The Hall–Kier alpha value is -2.20. The van der Waals surface area contributed by atoms with Gasteiger partial charge < -0.3 is 14.8 Å². The van der Waals surface area contributed by atoms with Crippen LogP contribution < -0.4 is 14.8 Å². The molecule has 0 saturated carbocycles. The maximum Gasteiger partial charge on any atom is 0.251 e. The lowest BCUT2D eigenvalue weighted by atomic mass is 10.1. The molecule has 23 heavy (non-hydrogen) atoms. The van der Waals surface area contributed by atoms with Gasteiger partial charge in [-0.1, -0.05) is 23.7 Å². The minimum Gasteiger partial charge on any atom is -0.493 e. The zero-order chi connectivity index (χ0) is 16.8. The predicted molar refractivity (Wildman–Crippen MR) is 91.5 cm³/mol. The number of nitrogens with one attached hydrogen (secondary N) is 1. The van der Waals surface area contributed by atoms with Gasteiger partial charge in [-0.2, -0.15) is 0 Å². The minimum atomic E-state index is -0.172. The van der Waals surface area contributed by atoms with Crippen molar-refractivity contribution in [3.63, 3.8) is 0 Å². The SMILES string of the molecule is CCOc1ccc(C(=O)N[C@H](C)c2ccc(Cl)cc2)cc1OC. The second-order valence-corrected chi connectivity index (χ2v) is 5.48. The predicted octanol–water partition coefficient (Wildman–Crippen LogP) is 4.24. The quantitative estimate of drug-likeness (QED) is 0.860. The zero-order valence-corrected chi connectivity index (χ0v) is 14.2. The highest BCUT2D eigenvalue weighted by molar-refractivity contribution is 6.30. The molecular formula is C18H20ClNO3. The molecule has 0 aliphatic rings. The monoisotopic (exact) mass is 333 g/mol. The topological polar surface area (TPSA) is 47.6 Å². The molecule has 2 aromatic rings. The summed E-state index contributed by atoms with van der Waals surface area (Å²) in [6, 6.07) is 12.4. The largest absolute Gasteiger partial charge is 0.493 e. The normalized spacial score (nSPS) is 11.7. The van der Waals surface area contributed by atoms with Crippen LogP contribution in [0.25, 0.3) is 0 Å². The first-order valence-corrected chi connectivity index (χ1v) is 7.80. The second-order valence-electron chi connectivity index (χ2n) is 5.05. The van der Waals surface area contributed by atoms with Crippen LogP contribution in [-0.2, 0) is 0 Å². The molecule has 0 bridgehead atoms. The van der Waals surface area contributed by atoms with E-state index in [1.807, 2.05) is 26.0 Å². The summed E-state index contributed by atoms with van der Waals surface area (Å²) in [5.74, 6) is 0.991. The fourth-order valence-electron chi connectivity index (χ4n) is 2.20. The first-order chi connectivity index (χ1) is 11.0. The van der Waals surface area contributed by atoms with Gasteiger partial charge in [0.2, 0.25) is 0 Å². The third-order valence-corrected chi connectivity index (χ3v) is 3.70. The van der Waals surface area contributed by atoms with E-state index in [2.05, 4.69) is 5.32 Å². The number of amides is 1. The van der Waals surface area contributed by atoms with Gasteiger partial charge in [0.1, 0.15) is 0 Å². The van der Waals surface area contributed by atoms with Crippen LogP contribution in [0.2, 0.25) is 5.02 Å². The van der Waals surface area contributed by atoms with E-state index in [1.165, 1.54) is 0 Å². The smallest absolute Gasteiger partial charge is 0.251 e. The van der Waals surface area contributed by atoms with Crippen LogP contribution in [0.15, 0.2) is 42.5 Å². The van der Waals surface area contributed by atoms with Crippen LogP contribution in [-0.4, -0.2) is 19.6 Å². The standard InChI is InChI=1S/C18H20ClNO3/c1-4-23-16-10-7-14(11-17(16)22-3)18(21)20-12(2)13-5-8-15(19)9-6-13/h5-12H,4H2,1-3H3,(H,20,21)/t12-/m1/s1. The fraction of sp³-hybridized carbons (Fsp3) is 0.278. The average Bonchev–Trinajstić information content (AvgIpc) is 2.55. The van der Waals surface area contributed by atoms with Crippen LogP contribution in [0, 0.1) is 0 Å². The van der Waals surface area contributed by atoms with E-state index in [-0.39, 0.29) is 11.9 Å². The number of ether oxygens (including phenoxy) is 2. The van der Waals surface area contributed by atoms with Crippen LogP contribution in [0.5, 0.6) is 11.5 Å². The molecule has 0 spiro atoms. The zero-order valence-electron chi connectivity index (χ0n) is 13.4. The van der Waals surface area contributed by atoms with Gasteiger partial charge in [0.15, 0.2) is 11.5 Å². The van der Waals surface area contributed by atoms with Gasteiger partial charge in [0.25, 0.3) is 5.91 Å². The molecule has 2 aromatic carbocycles. The molecule has 4 nitrogen and oxygen atoms in total. The van der Waals surface area contributed by atoms with E-state index in [0.29, 0.717) is 28.7 Å². The Balaban J connectivity index is 2.12. The van der Waals surface area contributed by atoms with Gasteiger partial charge >= 0.3 is 0 Å². The molecule has 5 heteroatoms. The molecule has 0 unspecified atom stereocenters. The molecule has 0 fully saturated rings. The van der Waals surface area contributed by atoms with Crippen LogP contribution in [0.3, 0.4) is 0 Å². The molecule has 2 rings (SSSR count). The lowest BCUT2D eigenvalue weighted by molar-refractivity contribution is 0.0939. The van der Waals surface area contributed by atoms with E-state index in [4.69, 9.17) is 21.1 Å². The van der Waals surface area contributed by atoms with Gasteiger partial charge in [-0.25, -0.2) is 0 Å². The number of carbonyl (C=O) groups is 1. The molecule has 0 aliphatic carbocycles. The molecule has 0 aromatic heterocycles. The minimum absolute atomic E-state index is 0.127. The third-order valence-electron chi connectivity index (χ3n) is 3.44. The Kier molecular flexibility index (Phi) is 5.88. The Morgan fingerprint density at radius 3 is 2.48 bits per heavy atom. The highest BCUT2D eigenvalue weighted by Crippen LogP contribution is 2.28. The van der Waals surface area contributed by atoms with Crippen molar-refractivity contribution < 1.29 is 14.3 Å². The third kappa shape index (κ3) is 4.39. The van der Waals surface area contributed by atoms with Crippen molar-refractivity contribution in [2.45, 2.75) is 19.9 Å². The summed E-state index contributed by atoms with van der Waals surface area (Å²) in [7, 11) is 1.55. The molecule has 122 valence electrons. The van der Waals surface area contributed by atoms with Crippen LogP contribution in [0.1, 0.15) is 35.8 Å². The summed E-state index contributed by atoms with van der Waals surface area (Å²) in [4.78, 5) is 12.4. The maximum atomic E-state index is 12.4. The average molecular weight is 334 g/mol. The number of benzene rings is 2. The van der Waals surface area contributed by atoms with E-state index < -0.39 is 0 Å². The van der Waals surface area contributed by atoms with Crippen molar-refractivity contribution in [1.29, 1.82) is 0 Å². The highest BCUT2D eigenvalue weighted by atomic mass is 35.5. The van der Waals surface area contributed by atoms with Gasteiger partial charge in [-0.15, -0.1) is 0 Å². The molecule has 1 atom stereocenters. The summed E-state index contributed by atoms with van der Waals surface area (Å²) >= 11 is 5.88. The number of rotatable bonds is 6. The Labute approximate surface area is 141 Å². The summed E-state index contributed by atoms with van der Waals surface area (Å²) in [5, 5.41) is 3.63. The summed E-state index contributed by atoms with van der Waals surface area (Å²) < 4.78 is 10.7. The summed E-state index contributed by atoms with van der Waals surface area (Å²) in [5.41, 5.74) is 1.51. The highest BCUT2D eigenvalue weighted by Gasteiger charge is 2.14. The summed E-state index contributed by atoms with van der Waals surface area (Å²) in [6.45, 7) is 4.36. The van der Waals surface area contributed by atoms with Crippen molar-refractivity contribution in [2.24, 2.45) is 0 Å². The number of methoxy groups -OCH3 is 1. The van der Waals surface area contributed by atoms with E-state index in [9.17, 15) is 4.79 Å². The van der Waals surface area contributed by atoms with Crippen molar-refractivity contribution in [3.8, 4) is 11.5 Å². The first-order valence-electron chi connectivity index (χ1n) is 7.42. The maximum absolute atomic E-state index is 12.4. The number of halogens is 1. The van der Waals surface area contributed by atoms with E-state index >= 15 is 0 Å². The fourth-order valence-corrected chi connectivity index (χ4v) is 2.32.